The van der Waals surface area contributed by atoms with E-state index in [-0.39, 0.29) is 0 Å². The molecule has 1 unspecified atom stereocenters. The van der Waals surface area contributed by atoms with Crippen molar-refractivity contribution >= 4 is 18.6 Å². The Bertz CT molecular complexity index is 459. The summed E-state index contributed by atoms with van der Waals surface area (Å²) >= 11 is 3.73. The Labute approximate surface area is 125 Å². The maximum Gasteiger partial charge on any atom is 0.316 e. The van der Waals surface area contributed by atoms with Crippen LogP contribution in [0.1, 0.15) is 24.5 Å². The number of hydrogen-bond donors (Lipinski definition) is 2. The second-order valence-corrected chi connectivity index (χ2v) is 5.03. The Kier molecular flexibility index (Phi) is 7.51. The first-order chi connectivity index (χ1) is 9.63. The molecule has 0 fully saturated rings. The Balaban J connectivity index is 0.000000246. The van der Waals surface area contributed by atoms with Gasteiger partial charge in [-0.2, -0.15) is 12.6 Å². The molecule has 0 spiro atoms. The number of rotatable bonds is 4. The van der Waals surface area contributed by atoms with Crippen molar-refractivity contribution in [1.29, 1.82) is 0 Å². The molecule has 0 amide bonds. The molecule has 0 radical (unpaired) electrons. The zero-order valence-electron chi connectivity index (χ0n) is 11.6. The molecule has 2 rings (SSSR count). The zero-order chi connectivity index (χ0) is 14.8. The molecular formula is C17H20O2S. The van der Waals surface area contributed by atoms with Crippen molar-refractivity contribution in [2.75, 3.05) is 0 Å². The van der Waals surface area contributed by atoms with Crippen LogP contribution < -0.4 is 0 Å². The van der Waals surface area contributed by atoms with Crippen molar-refractivity contribution in [1.82, 2.24) is 0 Å². The van der Waals surface area contributed by atoms with E-state index in [1.807, 2.05) is 0 Å². The molecule has 0 bridgehead atoms. The summed E-state index contributed by atoms with van der Waals surface area (Å²) < 4.78 is 0. The lowest BCUT2D eigenvalue weighted by atomic mass is 10.1. The van der Waals surface area contributed by atoms with Crippen LogP contribution in [0, 0.1) is 0 Å². The molecule has 0 saturated carbocycles. The van der Waals surface area contributed by atoms with Crippen LogP contribution in [0.2, 0.25) is 0 Å². The third kappa shape index (κ3) is 6.43. The van der Waals surface area contributed by atoms with Crippen molar-refractivity contribution in [3.63, 3.8) is 0 Å². The monoisotopic (exact) mass is 288 g/mol. The van der Waals surface area contributed by atoms with Gasteiger partial charge in [0.05, 0.1) is 5.25 Å². The molecule has 1 atom stereocenters. The lowest BCUT2D eigenvalue weighted by molar-refractivity contribution is -0.136. The highest BCUT2D eigenvalue weighted by atomic mass is 32.1. The maximum absolute atomic E-state index is 9.85. The van der Waals surface area contributed by atoms with Gasteiger partial charge in [0.25, 0.3) is 0 Å². The van der Waals surface area contributed by atoms with Gasteiger partial charge < -0.3 is 5.11 Å². The van der Waals surface area contributed by atoms with Gasteiger partial charge in [0.2, 0.25) is 0 Å². The summed E-state index contributed by atoms with van der Waals surface area (Å²) in [5.74, 6) is -0.842. The second kappa shape index (κ2) is 9.21. The minimum Gasteiger partial charge on any atom is -0.480 e. The molecule has 2 nitrogen and oxygen atoms in total. The first kappa shape index (κ1) is 16.3. The van der Waals surface area contributed by atoms with Crippen LogP contribution in [0.4, 0.5) is 0 Å². The molecule has 0 aliphatic heterocycles. The van der Waals surface area contributed by atoms with E-state index in [4.69, 9.17) is 5.11 Å². The molecular weight excluding hydrogens is 268 g/mol. The fourth-order valence-corrected chi connectivity index (χ4v) is 1.60. The highest BCUT2D eigenvalue weighted by Gasteiger charge is 2.06. The highest BCUT2D eigenvalue weighted by Crippen LogP contribution is 2.07. The highest BCUT2D eigenvalue weighted by molar-refractivity contribution is 7.81. The lowest BCUT2D eigenvalue weighted by Gasteiger charge is -2.00. The molecule has 2 aromatic rings. The average molecular weight is 288 g/mol. The van der Waals surface area contributed by atoms with Crippen LogP contribution in [0.3, 0.4) is 0 Å². The molecule has 0 heterocycles. The van der Waals surface area contributed by atoms with Gasteiger partial charge >= 0.3 is 5.97 Å². The van der Waals surface area contributed by atoms with Crippen LogP contribution >= 0.6 is 12.6 Å². The molecule has 1 N–H and O–H groups in total. The normalized spacial score (nSPS) is 11.1. The minimum atomic E-state index is -0.842. The predicted octanol–water partition coefficient (Wildman–Crippen LogP) is 4.06. The van der Waals surface area contributed by atoms with E-state index < -0.39 is 11.2 Å². The van der Waals surface area contributed by atoms with Gasteiger partial charge in [0.15, 0.2) is 0 Å². The third-order valence-electron chi connectivity index (χ3n) is 2.77. The fraction of sp³-hybridized carbons (Fsp3) is 0.235. The lowest BCUT2D eigenvalue weighted by Crippen LogP contribution is -2.10. The van der Waals surface area contributed by atoms with Crippen LogP contribution in [0.5, 0.6) is 0 Å². The Morgan fingerprint density at radius 2 is 1.40 bits per heavy atom. The first-order valence-electron chi connectivity index (χ1n) is 6.62. The molecule has 0 aliphatic rings. The summed E-state index contributed by atoms with van der Waals surface area (Å²) in [4.78, 5) is 9.85. The summed E-state index contributed by atoms with van der Waals surface area (Å²) in [6.45, 7) is 1.78. The largest absolute Gasteiger partial charge is 0.480 e. The molecule has 20 heavy (non-hydrogen) atoms. The summed E-state index contributed by atoms with van der Waals surface area (Å²) in [5.41, 5.74) is 2.74. The average Bonchev–Trinajstić information content (AvgIpc) is 2.49. The zero-order valence-corrected chi connectivity index (χ0v) is 12.5. The molecule has 0 aliphatic carbocycles. The topological polar surface area (TPSA) is 37.3 Å². The fourth-order valence-electron chi connectivity index (χ4n) is 1.60. The number of carbonyl (C=O) groups is 1. The van der Waals surface area contributed by atoms with E-state index in [0.717, 1.165) is 6.42 Å². The van der Waals surface area contributed by atoms with Crippen molar-refractivity contribution < 1.29 is 9.90 Å². The number of carboxylic acid groups (broad SMARTS) is 1. The summed E-state index contributed by atoms with van der Waals surface area (Å²) in [6.07, 6.45) is 1.61. The summed E-state index contributed by atoms with van der Waals surface area (Å²) in [5, 5.41) is 7.62. The van der Waals surface area contributed by atoms with Gasteiger partial charge in [-0.3, -0.25) is 4.79 Å². The van der Waals surface area contributed by atoms with E-state index in [1.54, 1.807) is 6.92 Å². The summed E-state index contributed by atoms with van der Waals surface area (Å²) in [7, 11) is 0. The van der Waals surface area contributed by atoms with Crippen LogP contribution in [0.15, 0.2) is 60.7 Å². The molecule has 0 aromatic heterocycles. The number of benzene rings is 2. The third-order valence-corrected chi connectivity index (χ3v) is 3.35. The van der Waals surface area contributed by atoms with Gasteiger partial charge in [-0.05, 0) is 24.0 Å². The van der Waals surface area contributed by atoms with Crippen molar-refractivity contribution in [3.8, 4) is 0 Å². The van der Waals surface area contributed by atoms with Crippen molar-refractivity contribution in [2.45, 2.75) is 25.0 Å². The number of aliphatic carboxylic acids is 1. The van der Waals surface area contributed by atoms with E-state index in [9.17, 15) is 4.79 Å². The van der Waals surface area contributed by atoms with E-state index in [2.05, 4.69) is 73.3 Å². The molecule has 106 valence electrons. The standard InChI is InChI=1S/C13H12.C4H8O2S/c1-3-7-12(8-4-1)11-13-9-5-2-6-10-13;1-2-3(7)4(5)6/h1-10H,11H2;3,7H,2H2,1H3,(H,5,6). The molecule has 2 aromatic carbocycles. The van der Waals surface area contributed by atoms with Gasteiger partial charge in [0.1, 0.15) is 0 Å². The van der Waals surface area contributed by atoms with Crippen LogP contribution in [-0.4, -0.2) is 16.3 Å². The summed E-state index contributed by atoms with van der Waals surface area (Å²) in [6, 6.07) is 21.1. The van der Waals surface area contributed by atoms with E-state index in [0.29, 0.717) is 6.42 Å². The van der Waals surface area contributed by atoms with Gasteiger partial charge in [-0.1, -0.05) is 67.6 Å². The number of hydrogen-bond acceptors (Lipinski definition) is 2. The maximum atomic E-state index is 9.85. The number of carboxylic acids is 1. The first-order valence-corrected chi connectivity index (χ1v) is 7.13. The molecule has 3 heteroatoms. The SMILES string of the molecule is CCC(S)C(=O)O.c1ccc(Cc2ccccc2)cc1. The van der Waals surface area contributed by atoms with Gasteiger partial charge in [-0.15, -0.1) is 0 Å². The quantitative estimate of drug-likeness (QED) is 0.833. The van der Waals surface area contributed by atoms with E-state index in [1.165, 1.54) is 11.1 Å². The Morgan fingerprint density at radius 3 is 1.65 bits per heavy atom. The number of thiol groups is 1. The predicted molar refractivity (Wildman–Crippen MR) is 86.4 cm³/mol. The van der Waals surface area contributed by atoms with Crippen LogP contribution in [0.25, 0.3) is 0 Å². The van der Waals surface area contributed by atoms with Crippen molar-refractivity contribution in [2.24, 2.45) is 0 Å². The smallest absolute Gasteiger partial charge is 0.316 e. The van der Waals surface area contributed by atoms with Gasteiger partial charge in [-0.25, -0.2) is 0 Å². The van der Waals surface area contributed by atoms with Crippen molar-refractivity contribution in [3.05, 3.63) is 71.8 Å². The Morgan fingerprint density at radius 1 is 1.00 bits per heavy atom. The van der Waals surface area contributed by atoms with Crippen LogP contribution in [-0.2, 0) is 11.2 Å². The van der Waals surface area contributed by atoms with Gasteiger partial charge in [0, 0.05) is 0 Å². The minimum absolute atomic E-state index is 0.486. The Hall–Kier alpha value is -1.74. The molecule has 0 saturated heterocycles. The van der Waals surface area contributed by atoms with E-state index >= 15 is 0 Å². The second-order valence-electron chi connectivity index (χ2n) is 4.41.